The van der Waals surface area contributed by atoms with Gasteiger partial charge in [-0.25, -0.2) is 0 Å². The number of nitrogens with zero attached hydrogens (tertiary/aromatic N) is 1. The lowest BCUT2D eigenvalue weighted by atomic mass is 9.87. The Bertz CT molecular complexity index is 1090. The highest BCUT2D eigenvalue weighted by molar-refractivity contribution is 5.97. The quantitative estimate of drug-likeness (QED) is 0.625. The molecule has 0 radical (unpaired) electrons. The molecule has 7 nitrogen and oxygen atoms in total. The number of likely N-dealkylation sites (tertiary alicyclic amines) is 1. The number of benzene rings is 2. The Kier molecular flexibility index (Phi) is 7.09. The van der Waals surface area contributed by atoms with Crippen molar-refractivity contribution in [2.24, 2.45) is 11.8 Å². The third-order valence-electron chi connectivity index (χ3n) is 6.48. The van der Waals surface area contributed by atoms with Crippen LogP contribution < -0.4 is 19.5 Å². The monoisotopic (exact) mass is 492 g/mol. The first-order valence-corrected chi connectivity index (χ1v) is 11.4. The number of rotatable bonds is 7. The van der Waals surface area contributed by atoms with E-state index in [9.17, 15) is 22.8 Å². The minimum absolute atomic E-state index is 0.00694. The predicted octanol–water partition coefficient (Wildman–Crippen LogP) is 4.27. The zero-order valence-electron chi connectivity index (χ0n) is 19.4. The maximum atomic E-state index is 13.2. The molecule has 2 atom stereocenters. The molecule has 0 aromatic heterocycles. The first-order chi connectivity index (χ1) is 16.7. The Morgan fingerprint density at radius 2 is 1.69 bits per heavy atom. The minimum atomic E-state index is -4.90. The summed E-state index contributed by atoms with van der Waals surface area (Å²) in [6.45, 7) is 0.853. The van der Waals surface area contributed by atoms with Gasteiger partial charge in [-0.05, 0) is 61.4 Å². The van der Waals surface area contributed by atoms with E-state index in [1.807, 2.05) is 0 Å². The van der Waals surface area contributed by atoms with E-state index in [2.05, 4.69) is 10.1 Å². The lowest BCUT2D eigenvalue weighted by Gasteiger charge is -2.39. The first-order valence-electron chi connectivity index (χ1n) is 11.4. The maximum absolute atomic E-state index is 13.2. The molecule has 2 aliphatic rings. The topological polar surface area (TPSA) is 77.1 Å². The van der Waals surface area contributed by atoms with Crippen molar-refractivity contribution in [1.29, 1.82) is 0 Å². The summed E-state index contributed by atoms with van der Waals surface area (Å²) in [5.74, 6) is 0.0255. The number of halogens is 3. The van der Waals surface area contributed by atoms with E-state index >= 15 is 0 Å². The standard InChI is InChI=1S/C25H27F3N2O5/c1-33-21-10-9-16(13-22(21)34-2)24(32)30-12-11-19(18(14-30)15-7-8-15)29-23(31)17-5-3-4-6-20(17)35-25(26,27)28/h3-6,9-10,13,15,18-19H,7-8,11-12,14H2,1-2H3,(H,29,31). The van der Waals surface area contributed by atoms with E-state index in [0.29, 0.717) is 42.5 Å². The first kappa shape index (κ1) is 24.7. The van der Waals surface area contributed by atoms with Crippen LogP contribution in [-0.4, -0.2) is 56.4 Å². The number of methoxy groups -OCH3 is 2. The van der Waals surface area contributed by atoms with Gasteiger partial charge in [0.15, 0.2) is 11.5 Å². The molecule has 2 amide bonds. The number of piperidine rings is 1. The van der Waals surface area contributed by atoms with Gasteiger partial charge < -0.3 is 24.4 Å². The van der Waals surface area contributed by atoms with Gasteiger partial charge in [0.05, 0.1) is 19.8 Å². The van der Waals surface area contributed by atoms with E-state index < -0.39 is 18.0 Å². The van der Waals surface area contributed by atoms with Crippen molar-refractivity contribution < 1.29 is 37.0 Å². The summed E-state index contributed by atoms with van der Waals surface area (Å²) >= 11 is 0. The number of carbonyl (C=O) groups is 2. The average Bonchev–Trinajstić information content (AvgIpc) is 3.68. The van der Waals surface area contributed by atoms with Gasteiger partial charge in [0.25, 0.3) is 11.8 Å². The molecule has 188 valence electrons. The van der Waals surface area contributed by atoms with Crippen molar-refractivity contribution in [1.82, 2.24) is 10.2 Å². The van der Waals surface area contributed by atoms with Crippen LogP contribution in [0.4, 0.5) is 13.2 Å². The van der Waals surface area contributed by atoms with Gasteiger partial charge in [-0.2, -0.15) is 0 Å². The molecule has 2 aromatic rings. The van der Waals surface area contributed by atoms with Crippen molar-refractivity contribution in [3.05, 3.63) is 53.6 Å². The molecule has 1 aliphatic heterocycles. The molecule has 2 fully saturated rings. The normalized spacial score (nSPS) is 20.2. The van der Waals surface area contributed by atoms with Gasteiger partial charge in [0, 0.05) is 24.7 Å². The maximum Gasteiger partial charge on any atom is 0.573 e. The van der Waals surface area contributed by atoms with E-state index in [-0.39, 0.29) is 23.4 Å². The number of hydrogen-bond donors (Lipinski definition) is 1. The van der Waals surface area contributed by atoms with Crippen LogP contribution in [0, 0.1) is 11.8 Å². The smallest absolute Gasteiger partial charge is 0.493 e. The van der Waals surface area contributed by atoms with E-state index in [4.69, 9.17) is 9.47 Å². The number of hydrogen-bond acceptors (Lipinski definition) is 5. The van der Waals surface area contributed by atoms with Gasteiger partial charge in [-0.15, -0.1) is 13.2 Å². The van der Waals surface area contributed by atoms with Crippen LogP contribution in [0.5, 0.6) is 17.2 Å². The van der Waals surface area contributed by atoms with Crippen LogP contribution in [0.1, 0.15) is 40.0 Å². The summed E-state index contributed by atoms with van der Waals surface area (Å²) in [6.07, 6.45) is -2.43. The number of nitrogens with one attached hydrogen (secondary N) is 1. The van der Waals surface area contributed by atoms with Crippen molar-refractivity contribution in [2.45, 2.75) is 31.7 Å². The molecular formula is C25H27F3N2O5. The lowest BCUT2D eigenvalue weighted by molar-refractivity contribution is -0.274. The van der Waals surface area contributed by atoms with Crippen LogP contribution in [-0.2, 0) is 0 Å². The fraction of sp³-hybridized carbons (Fsp3) is 0.440. The third-order valence-corrected chi connectivity index (χ3v) is 6.48. The third kappa shape index (κ3) is 5.80. The number of ether oxygens (including phenoxy) is 3. The van der Waals surface area contributed by atoms with Crippen molar-refractivity contribution in [3.8, 4) is 17.2 Å². The molecule has 2 unspecified atom stereocenters. The zero-order valence-corrected chi connectivity index (χ0v) is 19.4. The fourth-order valence-corrected chi connectivity index (χ4v) is 4.61. The van der Waals surface area contributed by atoms with Crippen LogP contribution in [0.2, 0.25) is 0 Å². The molecule has 2 aromatic carbocycles. The highest BCUT2D eigenvalue weighted by Crippen LogP contribution is 2.42. The molecule has 1 aliphatic carbocycles. The zero-order chi connectivity index (χ0) is 25.2. The van der Waals surface area contributed by atoms with Crippen LogP contribution in [0.3, 0.4) is 0 Å². The molecule has 0 bridgehead atoms. The van der Waals surface area contributed by atoms with Crippen molar-refractivity contribution >= 4 is 11.8 Å². The summed E-state index contributed by atoms with van der Waals surface area (Å²) in [7, 11) is 3.02. The second-order valence-corrected chi connectivity index (χ2v) is 8.73. The van der Waals surface area contributed by atoms with Gasteiger partial charge in [-0.3, -0.25) is 9.59 Å². The van der Waals surface area contributed by atoms with E-state index in [1.54, 1.807) is 23.1 Å². The molecule has 4 rings (SSSR count). The largest absolute Gasteiger partial charge is 0.573 e. The average molecular weight is 492 g/mol. The Morgan fingerprint density at radius 3 is 2.34 bits per heavy atom. The Balaban J connectivity index is 1.47. The van der Waals surface area contributed by atoms with Gasteiger partial charge in [-0.1, -0.05) is 12.1 Å². The van der Waals surface area contributed by atoms with E-state index in [1.165, 1.54) is 32.4 Å². The Morgan fingerprint density at radius 1 is 0.971 bits per heavy atom. The number of para-hydroxylation sites is 1. The summed E-state index contributed by atoms with van der Waals surface area (Å²) in [5.41, 5.74) is 0.293. The molecule has 1 heterocycles. The number of carbonyl (C=O) groups excluding carboxylic acids is 2. The van der Waals surface area contributed by atoms with Gasteiger partial charge in [0.1, 0.15) is 5.75 Å². The summed E-state index contributed by atoms with van der Waals surface area (Å²) < 4.78 is 52.9. The predicted molar refractivity (Wildman–Crippen MR) is 121 cm³/mol. The van der Waals surface area contributed by atoms with E-state index in [0.717, 1.165) is 18.9 Å². The second kappa shape index (κ2) is 10.1. The molecular weight excluding hydrogens is 465 g/mol. The van der Waals surface area contributed by atoms with Crippen LogP contribution >= 0.6 is 0 Å². The Labute approximate surface area is 201 Å². The summed E-state index contributed by atoms with van der Waals surface area (Å²) in [4.78, 5) is 27.9. The molecule has 35 heavy (non-hydrogen) atoms. The number of alkyl halides is 3. The molecule has 1 saturated carbocycles. The van der Waals surface area contributed by atoms with Gasteiger partial charge in [0.2, 0.25) is 0 Å². The molecule has 10 heteroatoms. The van der Waals surface area contributed by atoms with Crippen molar-refractivity contribution in [3.63, 3.8) is 0 Å². The molecule has 0 spiro atoms. The lowest BCUT2D eigenvalue weighted by Crippen LogP contribution is -2.53. The van der Waals surface area contributed by atoms with Crippen LogP contribution in [0.25, 0.3) is 0 Å². The fourth-order valence-electron chi connectivity index (χ4n) is 4.61. The molecule has 1 saturated heterocycles. The highest BCUT2D eigenvalue weighted by atomic mass is 19.4. The minimum Gasteiger partial charge on any atom is -0.493 e. The second-order valence-electron chi connectivity index (χ2n) is 8.73. The van der Waals surface area contributed by atoms with Crippen molar-refractivity contribution in [2.75, 3.05) is 27.3 Å². The number of amides is 2. The summed E-state index contributed by atoms with van der Waals surface area (Å²) in [5, 5.41) is 2.90. The van der Waals surface area contributed by atoms with Crippen LogP contribution in [0.15, 0.2) is 42.5 Å². The highest BCUT2D eigenvalue weighted by Gasteiger charge is 2.42. The Hall–Kier alpha value is -3.43. The SMILES string of the molecule is COc1ccc(C(=O)N2CCC(NC(=O)c3ccccc3OC(F)(F)F)C(C3CC3)C2)cc1OC. The molecule has 1 N–H and O–H groups in total. The summed E-state index contributed by atoms with van der Waals surface area (Å²) in [6, 6.07) is 10.0. The van der Waals surface area contributed by atoms with Gasteiger partial charge >= 0.3 is 6.36 Å².